The van der Waals surface area contributed by atoms with Crippen molar-refractivity contribution in [2.24, 2.45) is 5.92 Å². The molecule has 10 heteroatoms. The van der Waals surface area contributed by atoms with Crippen LogP contribution in [0, 0.1) is 23.4 Å². The maximum atomic E-state index is 14.0. The number of sulfonamides is 1. The molecule has 1 unspecified atom stereocenters. The van der Waals surface area contributed by atoms with E-state index in [1.807, 2.05) is 19.0 Å². The zero-order valence-electron chi connectivity index (χ0n) is 17.9. The van der Waals surface area contributed by atoms with Crippen LogP contribution >= 0.6 is 0 Å². The topological polar surface area (TPSA) is 69.7 Å². The molecule has 32 heavy (non-hydrogen) atoms. The highest BCUT2D eigenvalue weighted by atomic mass is 32.2. The highest BCUT2D eigenvalue weighted by Gasteiger charge is 2.34. The first-order chi connectivity index (χ1) is 15.1. The molecule has 2 aromatic carbocycles. The molecule has 2 aromatic rings. The van der Waals surface area contributed by atoms with Crippen molar-refractivity contribution in [2.45, 2.75) is 23.8 Å². The molecule has 0 radical (unpaired) electrons. The van der Waals surface area contributed by atoms with Crippen molar-refractivity contribution in [1.29, 1.82) is 0 Å². The number of hydrogen-bond acceptors (Lipinski definition) is 4. The molecule has 174 valence electrons. The van der Waals surface area contributed by atoms with E-state index in [0.717, 1.165) is 22.0 Å². The first-order valence-electron chi connectivity index (χ1n) is 10.2. The fraction of sp³-hybridized carbons (Fsp3) is 0.409. The number of rotatable bonds is 7. The van der Waals surface area contributed by atoms with Gasteiger partial charge in [0.25, 0.3) is 0 Å². The van der Waals surface area contributed by atoms with Crippen LogP contribution in [0.1, 0.15) is 24.4 Å². The molecule has 0 aliphatic carbocycles. The van der Waals surface area contributed by atoms with Gasteiger partial charge in [0.2, 0.25) is 15.9 Å². The van der Waals surface area contributed by atoms with E-state index in [0.29, 0.717) is 6.07 Å². The smallest absolute Gasteiger partial charge is 0.246 e. The molecule has 3 rings (SSSR count). The molecular weight excluding hydrogens is 443 g/mol. The molecule has 1 atom stereocenters. The van der Waals surface area contributed by atoms with E-state index >= 15 is 0 Å². The van der Waals surface area contributed by atoms with Gasteiger partial charge in [-0.25, -0.2) is 21.6 Å². The van der Waals surface area contributed by atoms with E-state index in [1.165, 1.54) is 12.1 Å². The molecular formula is C22H26F3N3O3S. The van der Waals surface area contributed by atoms with Crippen LogP contribution in [0.2, 0.25) is 0 Å². The molecule has 1 amide bonds. The van der Waals surface area contributed by atoms with Crippen molar-refractivity contribution in [3.05, 3.63) is 65.5 Å². The van der Waals surface area contributed by atoms with E-state index in [2.05, 4.69) is 5.32 Å². The summed E-state index contributed by atoms with van der Waals surface area (Å²) in [4.78, 5) is 13.8. The maximum absolute atomic E-state index is 14.0. The zero-order chi connectivity index (χ0) is 23.5. The van der Waals surface area contributed by atoms with Gasteiger partial charge in [0.05, 0.1) is 6.04 Å². The third-order valence-electron chi connectivity index (χ3n) is 5.66. The molecule has 0 spiro atoms. The van der Waals surface area contributed by atoms with Gasteiger partial charge < -0.3 is 10.2 Å². The molecule has 1 heterocycles. The molecule has 1 N–H and O–H groups in total. The van der Waals surface area contributed by atoms with Crippen LogP contribution in [0.15, 0.2) is 47.4 Å². The normalized spacial score (nSPS) is 16.8. The van der Waals surface area contributed by atoms with Crippen LogP contribution in [0.5, 0.6) is 0 Å². The van der Waals surface area contributed by atoms with Crippen molar-refractivity contribution >= 4 is 15.9 Å². The van der Waals surface area contributed by atoms with Crippen LogP contribution in [-0.4, -0.2) is 57.3 Å². The van der Waals surface area contributed by atoms with Gasteiger partial charge in [0.1, 0.15) is 22.3 Å². The van der Waals surface area contributed by atoms with Gasteiger partial charge in [-0.05, 0) is 62.8 Å². The van der Waals surface area contributed by atoms with E-state index in [1.54, 1.807) is 12.1 Å². The Hall–Kier alpha value is -2.43. The van der Waals surface area contributed by atoms with Gasteiger partial charge in [0.15, 0.2) is 0 Å². The lowest BCUT2D eigenvalue weighted by Crippen LogP contribution is -2.44. The SMILES string of the molecule is CN(C)C(CNC(=O)C1CCN(S(=O)(=O)c2cc(F)ccc2F)CC1)c1cccc(F)c1. The lowest BCUT2D eigenvalue weighted by Gasteiger charge is -2.31. The number of nitrogens with one attached hydrogen (secondary N) is 1. The number of halogens is 3. The van der Waals surface area contributed by atoms with E-state index in [-0.39, 0.29) is 50.2 Å². The number of carbonyl (C=O) groups is 1. The minimum atomic E-state index is -4.20. The Morgan fingerprint density at radius 2 is 1.75 bits per heavy atom. The molecule has 1 aliphatic rings. The monoisotopic (exact) mass is 469 g/mol. The summed E-state index contributed by atoms with van der Waals surface area (Å²) in [5, 5.41) is 2.87. The molecule has 1 saturated heterocycles. The first kappa shape index (κ1) is 24.2. The number of nitrogens with zero attached hydrogens (tertiary/aromatic N) is 2. The van der Waals surface area contributed by atoms with Crippen molar-refractivity contribution in [1.82, 2.24) is 14.5 Å². The van der Waals surface area contributed by atoms with Gasteiger partial charge >= 0.3 is 0 Å². The molecule has 0 saturated carbocycles. The van der Waals surface area contributed by atoms with Gasteiger partial charge in [-0.15, -0.1) is 0 Å². The Morgan fingerprint density at radius 3 is 2.38 bits per heavy atom. The summed E-state index contributed by atoms with van der Waals surface area (Å²) in [6, 6.07) is 8.24. The summed E-state index contributed by atoms with van der Waals surface area (Å²) in [5.74, 6) is -2.84. The average Bonchev–Trinajstić information content (AvgIpc) is 2.75. The highest BCUT2D eigenvalue weighted by Crippen LogP contribution is 2.26. The van der Waals surface area contributed by atoms with E-state index in [9.17, 15) is 26.4 Å². The molecule has 6 nitrogen and oxygen atoms in total. The standard InChI is InChI=1S/C22H26F3N3O3S/c1-27(2)20(16-4-3-5-17(23)12-16)14-26-22(29)15-8-10-28(11-9-15)32(30,31)21-13-18(24)6-7-19(21)25/h3-7,12-13,15,20H,8-11,14H2,1-2H3,(H,26,29). The summed E-state index contributed by atoms with van der Waals surface area (Å²) in [5.41, 5.74) is 0.730. The second-order valence-corrected chi connectivity index (χ2v) is 9.94. The number of benzene rings is 2. The predicted molar refractivity (Wildman–Crippen MR) is 114 cm³/mol. The van der Waals surface area contributed by atoms with E-state index < -0.39 is 32.5 Å². The van der Waals surface area contributed by atoms with Gasteiger partial charge in [-0.1, -0.05) is 12.1 Å². The van der Waals surface area contributed by atoms with Crippen molar-refractivity contribution in [3.8, 4) is 0 Å². The van der Waals surface area contributed by atoms with Gasteiger partial charge in [-0.2, -0.15) is 4.31 Å². The summed E-state index contributed by atoms with van der Waals surface area (Å²) < 4.78 is 67.4. The fourth-order valence-corrected chi connectivity index (χ4v) is 5.37. The Kier molecular flexibility index (Phi) is 7.58. The van der Waals surface area contributed by atoms with Crippen molar-refractivity contribution in [3.63, 3.8) is 0 Å². The van der Waals surface area contributed by atoms with Crippen LogP contribution in [0.4, 0.5) is 13.2 Å². The molecule has 0 bridgehead atoms. The van der Waals surface area contributed by atoms with Gasteiger partial charge in [-0.3, -0.25) is 4.79 Å². The second-order valence-electron chi connectivity index (χ2n) is 8.03. The average molecular weight is 470 g/mol. The molecule has 0 aromatic heterocycles. The number of likely N-dealkylation sites (N-methyl/N-ethyl adjacent to an activating group) is 1. The van der Waals surface area contributed by atoms with Gasteiger partial charge in [0, 0.05) is 25.6 Å². The zero-order valence-corrected chi connectivity index (χ0v) is 18.7. The van der Waals surface area contributed by atoms with Crippen LogP contribution < -0.4 is 5.32 Å². The number of carbonyl (C=O) groups excluding carboxylic acids is 1. The summed E-state index contributed by atoms with van der Waals surface area (Å²) >= 11 is 0. The Labute approximate surface area is 186 Å². The van der Waals surface area contributed by atoms with Crippen molar-refractivity contribution < 1.29 is 26.4 Å². The molecule has 1 fully saturated rings. The third-order valence-corrected chi connectivity index (χ3v) is 7.58. The van der Waals surface area contributed by atoms with Crippen LogP contribution in [-0.2, 0) is 14.8 Å². The molecule has 1 aliphatic heterocycles. The lowest BCUT2D eigenvalue weighted by molar-refractivity contribution is -0.126. The Bertz CT molecular complexity index is 1070. The lowest BCUT2D eigenvalue weighted by atomic mass is 9.97. The second kappa shape index (κ2) is 10.0. The predicted octanol–water partition coefficient (Wildman–Crippen LogP) is 2.92. The number of amides is 1. The minimum Gasteiger partial charge on any atom is -0.354 e. The number of piperidine rings is 1. The maximum Gasteiger partial charge on any atom is 0.246 e. The minimum absolute atomic E-state index is 0.0252. The van der Waals surface area contributed by atoms with Crippen LogP contribution in [0.25, 0.3) is 0 Å². The van der Waals surface area contributed by atoms with Crippen LogP contribution in [0.3, 0.4) is 0 Å². The van der Waals surface area contributed by atoms with E-state index in [4.69, 9.17) is 0 Å². The summed E-state index contributed by atoms with van der Waals surface area (Å²) in [7, 11) is -0.537. The number of hydrogen-bond donors (Lipinski definition) is 1. The summed E-state index contributed by atoms with van der Waals surface area (Å²) in [6.07, 6.45) is 0.517. The highest BCUT2D eigenvalue weighted by molar-refractivity contribution is 7.89. The Balaban J connectivity index is 1.60. The Morgan fingerprint density at radius 1 is 1.09 bits per heavy atom. The largest absolute Gasteiger partial charge is 0.354 e. The quantitative estimate of drug-likeness (QED) is 0.677. The first-order valence-corrected chi connectivity index (χ1v) is 11.7. The fourth-order valence-electron chi connectivity index (χ4n) is 3.83. The summed E-state index contributed by atoms with van der Waals surface area (Å²) in [6.45, 7) is 0.317. The third kappa shape index (κ3) is 5.48. The van der Waals surface area contributed by atoms with Crippen molar-refractivity contribution in [2.75, 3.05) is 33.7 Å².